The van der Waals surface area contributed by atoms with Crippen LogP contribution in [-0.2, 0) is 11.3 Å². The molecular weight excluding hydrogens is 328 g/mol. The third-order valence-electron chi connectivity index (χ3n) is 3.61. The maximum Gasteiger partial charge on any atom is 0.262 e. The highest BCUT2D eigenvalue weighted by molar-refractivity contribution is 5.91. The van der Waals surface area contributed by atoms with Gasteiger partial charge < -0.3 is 20.1 Å². The molecule has 26 heavy (non-hydrogen) atoms. The first-order valence-electron chi connectivity index (χ1n) is 9.02. The molecule has 2 rings (SSSR count). The molecule has 0 spiro atoms. The minimum atomic E-state index is -0.207. The summed E-state index contributed by atoms with van der Waals surface area (Å²) >= 11 is 0. The predicted molar refractivity (Wildman–Crippen MR) is 105 cm³/mol. The maximum absolute atomic E-state index is 12.0. The van der Waals surface area contributed by atoms with E-state index in [9.17, 15) is 4.79 Å². The largest absolute Gasteiger partial charge is 0.490 e. The van der Waals surface area contributed by atoms with Crippen molar-refractivity contribution >= 4 is 11.6 Å². The highest BCUT2D eigenvalue weighted by atomic mass is 16.5. The summed E-state index contributed by atoms with van der Waals surface area (Å²) in [7, 11) is 0. The molecule has 2 aromatic carbocycles. The van der Waals surface area contributed by atoms with Gasteiger partial charge in [0, 0.05) is 12.2 Å². The summed E-state index contributed by atoms with van der Waals surface area (Å²) in [4.78, 5) is 12.0. The third-order valence-corrected chi connectivity index (χ3v) is 3.61. The summed E-state index contributed by atoms with van der Waals surface area (Å²) in [5.41, 5.74) is 1.87. The molecule has 140 valence electrons. The van der Waals surface area contributed by atoms with Crippen LogP contribution in [0.2, 0.25) is 0 Å². The molecule has 2 aromatic rings. The van der Waals surface area contributed by atoms with Crippen molar-refractivity contribution in [2.45, 2.75) is 27.3 Å². The molecule has 0 heterocycles. The molecule has 0 aromatic heterocycles. The van der Waals surface area contributed by atoms with Crippen molar-refractivity contribution in [3.8, 4) is 11.5 Å². The Balaban J connectivity index is 1.93. The summed E-state index contributed by atoms with van der Waals surface area (Å²) in [6, 6.07) is 15.1. The highest BCUT2D eigenvalue weighted by Gasteiger charge is 2.10. The molecule has 0 aliphatic rings. The number of amides is 1. The number of nitrogens with one attached hydrogen (secondary N) is 2. The van der Waals surface area contributed by atoms with Crippen LogP contribution in [0.4, 0.5) is 5.69 Å². The second-order valence-corrected chi connectivity index (χ2v) is 6.44. The molecule has 0 atom stereocenters. The standard InChI is InChI=1S/C21H28N2O3/c1-4-25-20-12-17(14-22-13-16(2)3)10-11-19(20)26-15-21(24)23-18-8-6-5-7-9-18/h5-12,16,22H,4,13-15H2,1-3H3,(H,23,24). The van der Waals surface area contributed by atoms with Gasteiger partial charge in [0.05, 0.1) is 6.61 Å². The molecule has 0 aliphatic carbocycles. The number of carbonyl (C=O) groups is 1. The Morgan fingerprint density at radius 2 is 1.81 bits per heavy atom. The highest BCUT2D eigenvalue weighted by Crippen LogP contribution is 2.28. The topological polar surface area (TPSA) is 59.6 Å². The van der Waals surface area contributed by atoms with Crippen LogP contribution in [0.3, 0.4) is 0 Å². The normalized spacial score (nSPS) is 10.6. The van der Waals surface area contributed by atoms with Crippen molar-refractivity contribution in [1.82, 2.24) is 5.32 Å². The molecule has 1 amide bonds. The third kappa shape index (κ3) is 6.76. The number of anilines is 1. The number of hydrogen-bond donors (Lipinski definition) is 2. The zero-order chi connectivity index (χ0) is 18.8. The number of benzene rings is 2. The Bertz CT molecular complexity index is 687. The van der Waals surface area contributed by atoms with Gasteiger partial charge in [-0.1, -0.05) is 38.1 Å². The summed E-state index contributed by atoms with van der Waals surface area (Å²) in [6.45, 7) is 8.48. The smallest absolute Gasteiger partial charge is 0.262 e. The summed E-state index contributed by atoms with van der Waals surface area (Å²) in [5, 5.41) is 6.21. The summed E-state index contributed by atoms with van der Waals surface area (Å²) in [6.07, 6.45) is 0. The fraction of sp³-hybridized carbons (Fsp3) is 0.381. The van der Waals surface area contributed by atoms with E-state index in [0.717, 1.165) is 24.3 Å². The Kier molecular flexibility index (Phi) is 7.96. The van der Waals surface area contributed by atoms with Crippen LogP contribution < -0.4 is 20.1 Å². The van der Waals surface area contributed by atoms with Crippen LogP contribution in [0, 0.1) is 5.92 Å². The number of hydrogen-bond acceptors (Lipinski definition) is 4. The molecule has 0 radical (unpaired) electrons. The number of rotatable bonds is 10. The first kappa shape index (κ1) is 19.8. The van der Waals surface area contributed by atoms with Crippen molar-refractivity contribution in [2.75, 3.05) is 25.1 Å². The quantitative estimate of drug-likeness (QED) is 0.679. The Morgan fingerprint density at radius 1 is 1.04 bits per heavy atom. The van der Waals surface area contributed by atoms with Crippen LogP contribution in [0.15, 0.2) is 48.5 Å². The minimum absolute atomic E-state index is 0.0695. The lowest BCUT2D eigenvalue weighted by molar-refractivity contribution is -0.118. The van der Waals surface area contributed by atoms with Gasteiger partial charge in [-0.25, -0.2) is 0 Å². The van der Waals surface area contributed by atoms with Crippen LogP contribution in [0.5, 0.6) is 11.5 Å². The van der Waals surface area contributed by atoms with E-state index in [4.69, 9.17) is 9.47 Å². The maximum atomic E-state index is 12.0. The van der Waals surface area contributed by atoms with E-state index in [-0.39, 0.29) is 12.5 Å². The van der Waals surface area contributed by atoms with Gasteiger partial charge in [-0.3, -0.25) is 4.79 Å². The molecule has 0 saturated heterocycles. The molecule has 0 unspecified atom stereocenters. The van der Waals surface area contributed by atoms with Gasteiger partial charge in [0.15, 0.2) is 18.1 Å². The van der Waals surface area contributed by atoms with Crippen molar-refractivity contribution in [1.29, 1.82) is 0 Å². The average Bonchev–Trinajstić information content (AvgIpc) is 2.62. The molecule has 2 N–H and O–H groups in total. The van der Waals surface area contributed by atoms with Gasteiger partial charge in [0.1, 0.15) is 0 Å². The van der Waals surface area contributed by atoms with Crippen molar-refractivity contribution in [3.05, 3.63) is 54.1 Å². The van der Waals surface area contributed by atoms with E-state index in [1.54, 1.807) is 0 Å². The SMILES string of the molecule is CCOc1cc(CNCC(C)C)ccc1OCC(=O)Nc1ccccc1. The molecule has 0 saturated carbocycles. The molecule has 0 bridgehead atoms. The van der Waals surface area contributed by atoms with Gasteiger partial charge in [-0.2, -0.15) is 0 Å². The van der Waals surface area contributed by atoms with Gasteiger partial charge in [0.25, 0.3) is 5.91 Å². The fourth-order valence-corrected chi connectivity index (χ4v) is 2.42. The molecule has 5 nitrogen and oxygen atoms in total. The van der Waals surface area contributed by atoms with E-state index in [1.807, 2.05) is 55.5 Å². The number of ether oxygens (including phenoxy) is 2. The second-order valence-electron chi connectivity index (χ2n) is 6.44. The fourth-order valence-electron chi connectivity index (χ4n) is 2.42. The first-order valence-corrected chi connectivity index (χ1v) is 9.02. The minimum Gasteiger partial charge on any atom is -0.490 e. The van der Waals surface area contributed by atoms with Crippen LogP contribution in [-0.4, -0.2) is 25.7 Å². The molecular formula is C21H28N2O3. The van der Waals surface area contributed by atoms with Gasteiger partial charge in [-0.15, -0.1) is 0 Å². The monoisotopic (exact) mass is 356 g/mol. The Morgan fingerprint density at radius 3 is 2.50 bits per heavy atom. The zero-order valence-corrected chi connectivity index (χ0v) is 15.7. The van der Waals surface area contributed by atoms with Gasteiger partial charge in [0.2, 0.25) is 0 Å². The van der Waals surface area contributed by atoms with Crippen molar-refractivity contribution in [2.24, 2.45) is 5.92 Å². The summed E-state index contributed by atoms with van der Waals surface area (Å²) < 4.78 is 11.3. The van der Waals surface area contributed by atoms with Crippen LogP contribution in [0.1, 0.15) is 26.3 Å². The lowest BCUT2D eigenvalue weighted by Crippen LogP contribution is -2.20. The Hall–Kier alpha value is -2.53. The van der Waals surface area contributed by atoms with Crippen LogP contribution >= 0.6 is 0 Å². The molecule has 0 fully saturated rings. The Labute approximate surface area is 155 Å². The van der Waals surface area contributed by atoms with E-state index < -0.39 is 0 Å². The van der Waals surface area contributed by atoms with Crippen LogP contribution in [0.25, 0.3) is 0 Å². The van der Waals surface area contributed by atoms with Crippen molar-refractivity contribution in [3.63, 3.8) is 0 Å². The predicted octanol–water partition coefficient (Wildman–Crippen LogP) is 3.85. The summed E-state index contributed by atoms with van der Waals surface area (Å²) in [5.74, 6) is 1.62. The lowest BCUT2D eigenvalue weighted by Gasteiger charge is -2.14. The average molecular weight is 356 g/mol. The molecule has 0 aliphatic heterocycles. The van der Waals surface area contributed by atoms with E-state index >= 15 is 0 Å². The lowest BCUT2D eigenvalue weighted by atomic mass is 10.2. The second kappa shape index (κ2) is 10.5. The van der Waals surface area contributed by atoms with E-state index in [0.29, 0.717) is 24.0 Å². The number of para-hydroxylation sites is 1. The van der Waals surface area contributed by atoms with Crippen molar-refractivity contribution < 1.29 is 14.3 Å². The van der Waals surface area contributed by atoms with E-state index in [2.05, 4.69) is 24.5 Å². The number of carbonyl (C=O) groups excluding carboxylic acids is 1. The van der Waals surface area contributed by atoms with Gasteiger partial charge >= 0.3 is 0 Å². The first-order chi connectivity index (χ1) is 12.6. The van der Waals surface area contributed by atoms with Gasteiger partial charge in [-0.05, 0) is 49.2 Å². The van der Waals surface area contributed by atoms with E-state index in [1.165, 1.54) is 0 Å². The zero-order valence-electron chi connectivity index (χ0n) is 15.7. The molecule has 5 heteroatoms.